The highest BCUT2D eigenvalue weighted by Crippen LogP contribution is 2.34. The summed E-state index contributed by atoms with van der Waals surface area (Å²) in [5.74, 6) is 0.364. The van der Waals surface area contributed by atoms with E-state index in [4.69, 9.17) is 9.72 Å². The van der Waals surface area contributed by atoms with Crippen molar-refractivity contribution in [1.82, 2.24) is 25.1 Å². The molecule has 4 rings (SSSR count). The molecular weight excluding hydrogens is 366 g/mol. The van der Waals surface area contributed by atoms with E-state index >= 15 is 0 Å². The van der Waals surface area contributed by atoms with E-state index in [0.717, 1.165) is 35.5 Å². The summed E-state index contributed by atoms with van der Waals surface area (Å²) in [5.41, 5.74) is 2.46. The Balaban J connectivity index is 1.67. The molecule has 1 aliphatic rings. The number of hydrogen-bond donors (Lipinski definition) is 2. The molecule has 3 aromatic rings. The molecule has 8 nitrogen and oxygen atoms in total. The second-order valence-electron chi connectivity index (χ2n) is 6.62. The summed E-state index contributed by atoms with van der Waals surface area (Å²) in [5, 5.41) is 6.97. The highest BCUT2D eigenvalue weighted by Gasteiger charge is 2.30. The van der Waals surface area contributed by atoms with E-state index < -0.39 is 0 Å². The topological polar surface area (TPSA) is 104 Å². The van der Waals surface area contributed by atoms with Crippen LogP contribution in [0.2, 0.25) is 0 Å². The first kappa shape index (κ1) is 17.9. The summed E-state index contributed by atoms with van der Waals surface area (Å²) in [7, 11) is 0. The highest BCUT2D eigenvalue weighted by molar-refractivity contribution is 7.22. The first-order valence-electron chi connectivity index (χ1n) is 9.00. The van der Waals surface area contributed by atoms with Gasteiger partial charge >= 0.3 is 5.97 Å². The lowest BCUT2D eigenvalue weighted by molar-refractivity contribution is -0.144. The van der Waals surface area contributed by atoms with Crippen LogP contribution in [0.3, 0.4) is 0 Å². The lowest BCUT2D eigenvalue weighted by Crippen LogP contribution is -2.32. The van der Waals surface area contributed by atoms with E-state index in [1.165, 1.54) is 11.3 Å². The number of aryl methyl sites for hydroxylation is 1. The van der Waals surface area contributed by atoms with Gasteiger partial charge in [0.25, 0.3) is 5.56 Å². The second-order valence-corrected chi connectivity index (χ2v) is 7.67. The molecule has 0 saturated carbocycles. The number of aromatic amines is 2. The van der Waals surface area contributed by atoms with Crippen molar-refractivity contribution in [3.05, 3.63) is 34.1 Å². The fraction of sp³-hybridized carbons (Fsp3) is 0.444. The number of esters is 1. The van der Waals surface area contributed by atoms with Crippen LogP contribution in [0.25, 0.3) is 20.7 Å². The van der Waals surface area contributed by atoms with Gasteiger partial charge in [0, 0.05) is 16.1 Å². The number of nitrogens with zero attached hydrogens (tertiary/aromatic N) is 3. The van der Waals surface area contributed by atoms with Crippen molar-refractivity contribution in [1.29, 1.82) is 0 Å². The van der Waals surface area contributed by atoms with E-state index in [1.807, 2.05) is 17.9 Å². The number of likely N-dealkylation sites (tertiary alicyclic amines) is 1. The maximum atomic E-state index is 12.6. The zero-order valence-corrected chi connectivity index (χ0v) is 16.1. The minimum atomic E-state index is -0.249. The van der Waals surface area contributed by atoms with Crippen LogP contribution in [0.1, 0.15) is 37.3 Å². The minimum Gasteiger partial charge on any atom is -0.465 e. The third-order valence-corrected chi connectivity index (χ3v) is 5.97. The predicted octanol–water partition coefficient (Wildman–Crippen LogP) is 2.38. The van der Waals surface area contributed by atoms with Crippen LogP contribution in [-0.4, -0.2) is 50.7 Å². The van der Waals surface area contributed by atoms with Crippen LogP contribution in [0.5, 0.6) is 0 Å². The Kier molecular flexibility index (Phi) is 4.79. The number of carbonyl (C=O) groups is 1. The van der Waals surface area contributed by atoms with Gasteiger partial charge in [-0.05, 0) is 39.3 Å². The Bertz CT molecular complexity index is 1040. The van der Waals surface area contributed by atoms with Gasteiger partial charge in [-0.1, -0.05) is 0 Å². The first-order valence-corrected chi connectivity index (χ1v) is 9.82. The average molecular weight is 387 g/mol. The summed E-state index contributed by atoms with van der Waals surface area (Å²) in [4.78, 5) is 35.1. The summed E-state index contributed by atoms with van der Waals surface area (Å²) >= 11 is 1.41. The van der Waals surface area contributed by atoms with Crippen LogP contribution in [-0.2, 0) is 9.53 Å². The molecule has 0 spiro atoms. The Hall–Kier alpha value is -2.52. The summed E-state index contributed by atoms with van der Waals surface area (Å²) in [6.45, 7) is 5.10. The molecule has 27 heavy (non-hydrogen) atoms. The van der Waals surface area contributed by atoms with Gasteiger partial charge < -0.3 is 9.72 Å². The van der Waals surface area contributed by atoms with E-state index in [-0.39, 0.29) is 24.1 Å². The van der Waals surface area contributed by atoms with Crippen LogP contribution in [0.4, 0.5) is 0 Å². The van der Waals surface area contributed by atoms with Crippen molar-refractivity contribution in [2.45, 2.75) is 32.7 Å². The molecule has 1 unspecified atom stereocenters. The molecule has 142 valence electrons. The quantitative estimate of drug-likeness (QED) is 0.652. The molecule has 1 saturated heterocycles. The number of hydrogen-bond acceptors (Lipinski definition) is 7. The van der Waals surface area contributed by atoms with E-state index in [2.05, 4.69) is 15.2 Å². The number of thiophene rings is 1. The minimum absolute atomic E-state index is 0.0782. The monoisotopic (exact) mass is 387 g/mol. The Morgan fingerprint density at radius 2 is 2.33 bits per heavy atom. The van der Waals surface area contributed by atoms with E-state index in [0.29, 0.717) is 22.6 Å². The SMILES string of the molecule is CCOC(=O)CN1CCCC1c1nc2cc(-c3cn[nH]c3C)sc2c(=O)[nH]1. The molecule has 2 N–H and O–H groups in total. The molecule has 1 aliphatic heterocycles. The van der Waals surface area contributed by atoms with Gasteiger partial charge in [0.05, 0.1) is 30.9 Å². The van der Waals surface area contributed by atoms with Crippen LogP contribution in [0.15, 0.2) is 17.1 Å². The van der Waals surface area contributed by atoms with Gasteiger partial charge in [-0.3, -0.25) is 19.6 Å². The van der Waals surface area contributed by atoms with Crippen molar-refractivity contribution in [3.63, 3.8) is 0 Å². The van der Waals surface area contributed by atoms with Crippen molar-refractivity contribution >= 4 is 27.5 Å². The zero-order valence-electron chi connectivity index (χ0n) is 15.2. The number of rotatable bonds is 5. The normalized spacial score (nSPS) is 17.6. The van der Waals surface area contributed by atoms with Gasteiger partial charge in [-0.25, -0.2) is 4.98 Å². The zero-order chi connectivity index (χ0) is 19.0. The molecule has 0 amide bonds. The molecule has 0 aromatic carbocycles. The summed E-state index contributed by atoms with van der Waals surface area (Å²) in [6, 6.07) is 1.85. The molecule has 0 bridgehead atoms. The van der Waals surface area contributed by atoms with Crippen LogP contribution >= 0.6 is 11.3 Å². The van der Waals surface area contributed by atoms with Crippen molar-refractivity contribution in [2.75, 3.05) is 19.7 Å². The summed E-state index contributed by atoms with van der Waals surface area (Å²) in [6.07, 6.45) is 3.56. The molecule has 9 heteroatoms. The van der Waals surface area contributed by atoms with Gasteiger partial charge in [0.2, 0.25) is 0 Å². The lowest BCUT2D eigenvalue weighted by atomic mass is 10.2. The molecule has 4 heterocycles. The standard InChI is InChI=1S/C18H21N5O3S/c1-3-26-15(24)9-23-6-4-5-13(23)17-20-12-7-14(11-8-19-22-10(11)2)27-16(12)18(25)21-17/h7-8,13H,3-6,9H2,1-2H3,(H,19,22)(H,20,21,25). The second kappa shape index (κ2) is 7.24. The third kappa shape index (κ3) is 3.40. The van der Waals surface area contributed by atoms with Crippen LogP contribution < -0.4 is 5.56 Å². The average Bonchev–Trinajstić information content (AvgIpc) is 3.34. The number of fused-ring (bicyclic) bond motifs is 1. The molecule has 1 fully saturated rings. The van der Waals surface area contributed by atoms with Gasteiger partial charge in [0.1, 0.15) is 10.5 Å². The summed E-state index contributed by atoms with van der Waals surface area (Å²) < 4.78 is 5.66. The third-order valence-electron chi connectivity index (χ3n) is 4.81. The van der Waals surface area contributed by atoms with Gasteiger partial charge in [-0.15, -0.1) is 11.3 Å². The maximum Gasteiger partial charge on any atom is 0.320 e. The van der Waals surface area contributed by atoms with Gasteiger partial charge in [0.15, 0.2) is 0 Å². The Morgan fingerprint density at radius 3 is 3.07 bits per heavy atom. The van der Waals surface area contributed by atoms with E-state index in [9.17, 15) is 9.59 Å². The highest BCUT2D eigenvalue weighted by atomic mass is 32.1. The number of H-pyrrole nitrogens is 2. The smallest absolute Gasteiger partial charge is 0.320 e. The molecule has 1 atom stereocenters. The van der Waals surface area contributed by atoms with Gasteiger partial charge in [-0.2, -0.15) is 5.10 Å². The predicted molar refractivity (Wildman–Crippen MR) is 103 cm³/mol. The molecular formula is C18H21N5O3S. The van der Waals surface area contributed by atoms with Crippen molar-refractivity contribution in [2.24, 2.45) is 0 Å². The fourth-order valence-corrected chi connectivity index (χ4v) is 4.60. The van der Waals surface area contributed by atoms with Crippen molar-refractivity contribution in [3.8, 4) is 10.4 Å². The maximum absolute atomic E-state index is 12.6. The number of ether oxygens (including phenoxy) is 1. The van der Waals surface area contributed by atoms with Crippen LogP contribution in [0, 0.1) is 6.92 Å². The molecule has 0 radical (unpaired) electrons. The lowest BCUT2D eigenvalue weighted by Gasteiger charge is -2.22. The Labute approximate surface area is 159 Å². The van der Waals surface area contributed by atoms with E-state index in [1.54, 1.807) is 13.1 Å². The fourth-order valence-electron chi connectivity index (χ4n) is 3.55. The van der Waals surface area contributed by atoms with Crippen molar-refractivity contribution < 1.29 is 9.53 Å². The molecule has 0 aliphatic carbocycles. The number of carbonyl (C=O) groups excluding carboxylic acids is 1. The largest absolute Gasteiger partial charge is 0.465 e. The first-order chi connectivity index (χ1) is 13.1. The molecule has 3 aromatic heterocycles. The number of nitrogens with one attached hydrogen (secondary N) is 2. The number of aromatic nitrogens is 4. The Morgan fingerprint density at radius 1 is 1.48 bits per heavy atom.